The van der Waals surface area contributed by atoms with E-state index in [9.17, 15) is 4.79 Å². The Kier molecular flexibility index (Phi) is 3.27. The second-order valence-corrected chi connectivity index (χ2v) is 5.74. The molecule has 19 heavy (non-hydrogen) atoms. The van der Waals surface area contributed by atoms with Crippen LogP contribution in [0.4, 0.5) is 0 Å². The summed E-state index contributed by atoms with van der Waals surface area (Å²) < 4.78 is 11.1. The minimum Gasteiger partial charge on any atom is -0.493 e. The zero-order valence-corrected chi connectivity index (χ0v) is 11.8. The number of halogens is 1. The summed E-state index contributed by atoms with van der Waals surface area (Å²) >= 11 is 6.11. The Morgan fingerprint density at radius 3 is 2.89 bits per heavy atom. The zero-order valence-electron chi connectivity index (χ0n) is 11.0. The molecule has 0 N–H and O–H groups in total. The van der Waals surface area contributed by atoms with Gasteiger partial charge in [0.25, 0.3) is 0 Å². The first-order valence-electron chi connectivity index (χ1n) is 6.67. The molecular weight excluding hydrogens is 264 g/mol. The number of methoxy groups -OCH3 is 1. The van der Waals surface area contributed by atoms with Gasteiger partial charge in [-0.15, -0.1) is 0 Å². The average molecular weight is 281 g/mol. The predicted molar refractivity (Wildman–Crippen MR) is 73.0 cm³/mol. The quantitative estimate of drug-likeness (QED) is 0.851. The topological polar surface area (TPSA) is 35.5 Å². The molecule has 2 aliphatic rings. The number of hydrogen-bond donors (Lipinski definition) is 0. The van der Waals surface area contributed by atoms with Gasteiger partial charge in [-0.25, -0.2) is 0 Å². The van der Waals surface area contributed by atoms with Crippen molar-refractivity contribution in [2.75, 3.05) is 13.7 Å². The second-order valence-electron chi connectivity index (χ2n) is 5.30. The minimum absolute atomic E-state index is 0.140. The highest BCUT2D eigenvalue weighted by Gasteiger charge is 2.44. The van der Waals surface area contributed by atoms with Crippen molar-refractivity contribution < 1.29 is 14.3 Å². The molecule has 0 atom stereocenters. The molecule has 4 heteroatoms. The van der Waals surface area contributed by atoms with Gasteiger partial charge in [-0.1, -0.05) is 11.6 Å². The van der Waals surface area contributed by atoms with E-state index >= 15 is 0 Å². The van der Waals surface area contributed by atoms with Gasteiger partial charge >= 0.3 is 0 Å². The molecule has 0 bridgehead atoms. The highest BCUT2D eigenvalue weighted by molar-refractivity contribution is 6.30. The van der Waals surface area contributed by atoms with Crippen LogP contribution in [-0.2, 0) is 22.4 Å². The first-order chi connectivity index (χ1) is 9.14. The molecule has 1 aromatic rings. The third-order valence-electron chi connectivity index (χ3n) is 4.24. The number of ether oxygens (including phenoxy) is 2. The van der Waals surface area contributed by atoms with Crippen LogP contribution in [0.15, 0.2) is 12.1 Å². The standard InChI is InChI=1S/C15H17ClO3/c1-18-15(4-2-5-15)13(17)9-11-8-12(16)7-10-3-6-19-14(10)11/h7-8H,2-6,9H2,1H3. The predicted octanol–water partition coefficient (Wildman–Crippen LogP) is 2.96. The van der Waals surface area contributed by atoms with Crippen molar-refractivity contribution in [2.24, 2.45) is 0 Å². The van der Waals surface area contributed by atoms with Gasteiger partial charge in [0.05, 0.1) is 6.61 Å². The summed E-state index contributed by atoms with van der Waals surface area (Å²) in [5, 5.41) is 0.673. The number of carbonyl (C=O) groups is 1. The van der Waals surface area contributed by atoms with E-state index in [4.69, 9.17) is 21.1 Å². The van der Waals surface area contributed by atoms with Crippen molar-refractivity contribution in [1.29, 1.82) is 0 Å². The van der Waals surface area contributed by atoms with E-state index in [2.05, 4.69) is 0 Å². The van der Waals surface area contributed by atoms with Crippen molar-refractivity contribution in [3.8, 4) is 5.75 Å². The van der Waals surface area contributed by atoms with E-state index in [0.717, 1.165) is 42.6 Å². The Balaban J connectivity index is 1.86. The molecule has 3 nitrogen and oxygen atoms in total. The van der Waals surface area contributed by atoms with Gasteiger partial charge in [0.2, 0.25) is 0 Å². The Labute approximate surface area is 117 Å². The largest absolute Gasteiger partial charge is 0.493 e. The number of fused-ring (bicyclic) bond motifs is 1. The molecule has 0 spiro atoms. The number of carbonyl (C=O) groups excluding carboxylic acids is 1. The Hall–Kier alpha value is -1.06. The lowest BCUT2D eigenvalue weighted by molar-refractivity contribution is -0.151. The summed E-state index contributed by atoms with van der Waals surface area (Å²) in [5.74, 6) is 0.990. The molecular formula is C15H17ClO3. The lowest BCUT2D eigenvalue weighted by Crippen LogP contribution is -2.47. The first kappa shape index (κ1) is 12.9. The monoisotopic (exact) mass is 280 g/mol. The van der Waals surface area contributed by atoms with Crippen LogP contribution in [0.25, 0.3) is 0 Å². The van der Waals surface area contributed by atoms with Crippen LogP contribution >= 0.6 is 11.6 Å². The Bertz CT molecular complexity index is 515. The van der Waals surface area contributed by atoms with Gasteiger partial charge < -0.3 is 9.47 Å². The molecule has 1 aliphatic heterocycles. The van der Waals surface area contributed by atoms with Crippen molar-refractivity contribution in [2.45, 2.75) is 37.7 Å². The first-order valence-corrected chi connectivity index (χ1v) is 7.05. The van der Waals surface area contributed by atoms with E-state index in [1.165, 1.54) is 0 Å². The maximum atomic E-state index is 12.4. The molecule has 1 saturated carbocycles. The smallest absolute Gasteiger partial charge is 0.169 e. The zero-order chi connectivity index (χ0) is 13.5. The van der Waals surface area contributed by atoms with E-state index in [-0.39, 0.29) is 5.78 Å². The van der Waals surface area contributed by atoms with E-state index < -0.39 is 5.60 Å². The Morgan fingerprint density at radius 1 is 1.47 bits per heavy atom. The SMILES string of the molecule is COC1(C(=O)Cc2cc(Cl)cc3c2OCC3)CCC1. The van der Waals surface area contributed by atoms with Crippen molar-refractivity contribution >= 4 is 17.4 Å². The maximum absolute atomic E-state index is 12.4. The lowest BCUT2D eigenvalue weighted by atomic mass is 9.75. The fourth-order valence-electron chi connectivity index (χ4n) is 2.91. The van der Waals surface area contributed by atoms with E-state index in [1.807, 2.05) is 12.1 Å². The van der Waals surface area contributed by atoms with Crippen LogP contribution in [-0.4, -0.2) is 25.1 Å². The lowest BCUT2D eigenvalue weighted by Gasteiger charge is -2.39. The van der Waals surface area contributed by atoms with Gasteiger partial charge in [-0.3, -0.25) is 4.79 Å². The molecule has 0 radical (unpaired) electrons. The molecule has 0 aromatic heterocycles. The molecule has 1 fully saturated rings. The summed E-state index contributed by atoms with van der Waals surface area (Å²) in [6, 6.07) is 3.76. The van der Waals surface area contributed by atoms with Gasteiger partial charge in [-0.05, 0) is 37.0 Å². The van der Waals surface area contributed by atoms with Gasteiger partial charge in [0, 0.05) is 30.5 Å². The van der Waals surface area contributed by atoms with Gasteiger partial charge in [-0.2, -0.15) is 0 Å². The third-order valence-corrected chi connectivity index (χ3v) is 4.45. The number of hydrogen-bond acceptors (Lipinski definition) is 3. The fraction of sp³-hybridized carbons (Fsp3) is 0.533. The average Bonchev–Trinajstić information content (AvgIpc) is 2.76. The number of ketones is 1. The van der Waals surface area contributed by atoms with E-state index in [0.29, 0.717) is 18.1 Å². The molecule has 0 amide bonds. The van der Waals surface area contributed by atoms with Crippen molar-refractivity contribution in [3.05, 3.63) is 28.3 Å². The second kappa shape index (κ2) is 4.80. The van der Waals surface area contributed by atoms with Gasteiger partial charge in [0.1, 0.15) is 11.4 Å². The van der Waals surface area contributed by atoms with Crippen molar-refractivity contribution in [1.82, 2.24) is 0 Å². The molecule has 0 saturated heterocycles. The maximum Gasteiger partial charge on any atom is 0.169 e. The van der Waals surface area contributed by atoms with E-state index in [1.54, 1.807) is 7.11 Å². The van der Waals surface area contributed by atoms with Gasteiger partial charge in [0.15, 0.2) is 5.78 Å². The minimum atomic E-state index is -0.562. The van der Waals surface area contributed by atoms with Crippen molar-refractivity contribution in [3.63, 3.8) is 0 Å². The molecule has 1 heterocycles. The normalized spacial score (nSPS) is 19.5. The van der Waals surface area contributed by atoms with Crippen LogP contribution in [0, 0.1) is 0 Å². The van der Waals surface area contributed by atoms with Crippen LogP contribution < -0.4 is 4.74 Å². The molecule has 1 aliphatic carbocycles. The third kappa shape index (κ3) is 2.15. The van der Waals surface area contributed by atoms with Crippen LogP contribution in [0.5, 0.6) is 5.75 Å². The summed E-state index contributed by atoms with van der Waals surface area (Å²) in [6.07, 6.45) is 3.92. The van der Waals surface area contributed by atoms with Crippen LogP contribution in [0.3, 0.4) is 0 Å². The number of Topliss-reactive ketones (excluding diaryl/α,β-unsaturated/α-hetero) is 1. The highest BCUT2D eigenvalue weighted by Crippen LogP contribution is 2.39. The van der Waals surface area contributed by atoms with Crippen LogP contribution in [0.2, 0.25) is 5.02 Å². The molecule has 1 aromatic carbocycles. The summed E-state index contributed by atoms with van der Waals surface area (Å²) in [4.78, 5) is 12.4. The number of rotatable bonds is 4. The fourth-order valence-corrected chi connectivity index (χ4v) is 3.17. The number of benzene rings is 1. The Morgan fingerprint density at radius 2 is 2.26 bits per heavy atom. The molecule has 102 valence electrons. The highest BCUT2D eigenvalue weighted by atomic mass is 35.5. The van der Waals surface area contributed by atoms with Crippen LogP contribution in [0.1, 0.15) is 30.4 Å². The summed E-state index contributed by atoms with van der Waals surface area (Å²) in [5.41, 5.74) is 1.44. The summed E-state index contributed by atoms with van der Waals surface area (Å²) in [7, 11) is 1.62. The molecule has 0 unspecified atom stereocenters. The molecule has 3 rings (SSSR count). The summed E-state index contributed by atoms with van der Waals surface area (Å²) in [6.45, 7) is 0.673.